The number of rotatable bonds is 8. The summed E-state index contributed by atoms with van der Waals surface area (Å²) in [6, 6.07) is 17.7. The van der Waals surface area contributed by atoms with E-state index in [1.165, 1.54) is 17.3 Å². The SMILES string of the molecule is COc1ccc(-c2nc(SCC(=O)NC[C@H](C)c3ccccc3)n[nH]2)cc1. The van der Waals surface area contributed by atoms with E-state index in [1.54, 1.807) is 7.11 Å². The van der Waals surface area contributed by atoms with Gasteiger partial charge in [0.2, 0.25) is 11.1 Å². The number of ether oxygens (including phenoxy) is 1. The molecule has 0 saturated carbocycles. The number of aromatic nitrogens is 3. The van der Waals surface area contributed by atoms with Crippen LogP contribution in [0.3, 0.4) is 0 Å². The average Bonchev–Trinajstić information content (AvgIpc) is 3.20. The van der Waals surface area contributed by atoms with Gasteiger partial charge >= 0.3 is 0 Å². The minimum Gasteiger partial charge on any atom is -0.497 e. The molecule has 1 amide bonds. The number of thioether (sulfide) groups is 1. The van der Waals surface area contributed by atoms with Crippen molar-refractivity contribution in [3.8, 4) is 17.1 Å². The number of hydrogen-bond acceptors (Lipinski definition) is 5. The van der Waals surface area contributed by atoms with Crippen molar-refractivity contribution in [1.29, 1.82) is 0 Å². The van der Waals surface area contributed by atoms with E-state index in [0.29, 0.717) is 17.5 Å². The first-order valence-electron chi connectivity index (χ1n) is 8.67. The van der Waals surface area contributed by atoms with E-state index in [-0.39, 0.29) is 17.6 Å². The van der Waals surface area contributed by atoms with E-state index < -0.39 is 0 Å². The highest BCUT2D eigenvalue weighted by atomic mass is 32.2. The molecule has 0 saturated heterocycles. The molecule has 0 spiro atoms. The largest absolute Gasteiger partial charge is 0.497 e. The van der Waals surface area contributed by atoms with E-state index in [1.807, 2.05) is 42.5 Å². The monoisotopic (exact) mass is 382 g/mol. The molecule has 0 aliphatic heterocycles. The first-order valence-corrected chi connectivity index (χ1v) is 9.65. The lowest BCUT2D eigenvalue weighted by Crippen LogP contribution is -2.29. The molecule has 3 rings (SSSR count). The van der Waals surface area contributed by atoms with Crippen LogP contribution < -0.4 is 10.1 Å². The third kappa shape index (κ3) is 5.34. The lowest BCUT2D eigenvalue weighted by molar-refractivity contribution is -0.118. The molecular formula is C20H22N4O2S. The number of amides is 1. The fourth-order valence-corrected chi connectivity index (χ4v) is 3.16. The maximum atomic E-state index is 12.1. The van der Waals surface area contributed by atoms with Gasteiger partial charge in [0.15, 0.2) is 5.82 Å². The normalized spacial score (nSPS) is 11.8. The minimum absolute atomic E-state index is 0.0291. The Bertz CT molecular complexity index is 865. The number of nitrogens with one attached hydrogen (secondary N) is 2. The molecule has 0 unspecified atom stereocenters. The van der Waals surface area contributed by atoms with Crippen molar-refractivity contribution in [2.24, 2.45) is 0 Å². The maximum Gasteiger partial charge on any atom is 0.230 e. The molecule has 1 aromatic heterocycles. The van der Waals surface area contributed by atoms with Crippen LogP contribution in [0, 0.1) is 0 Å². The number of H-pyrrole nitrogens is 1. The van der Waals surface area contributed by atoms with Crippen molar-refractivity contribution in [1.82, 2.24) is 20.5 Å². The number of carbonyl (C=O) groups excluding carboxylic acids is 1. The lowest BCUT2D eigenvalue weighted by Gasteiger charge is -2.12. The number of hydrogen-bond donors (Lipinski definition) is 2. The van der Waals surface area contributed by atoms with Gasteiger partial charge < -0.3 is 10.1 Å². The summed E-state index contributed by atoms with van der Waals surface area (Å²) in [5.41, 5.74) is 2.12. The Morgan fingerprint density at radius 2 is 1.93 bits per heavy atom. The topological polar surface area (TPSA) is 79.9 Å². The fourth-order valence-electron chi connectivity index (χ4n) is 2.54. The van der Waals surface area contributed by atoms with Gasteiger partial charge in [0.1, 0.15) is 5.75 Å². The number of benzene rings is 2. The summed E-state index contributed by atoms with van der Waals surface area (Å²) < 4.78 is 5.15. The highest BCUT2D eigenvalue weighted by Crippen LogP contribution is 2.21. The molecule has 0 fully saturated rings. The molecule has 3 aromatic rings. The standard InChI is InChI=1S/C20H22N4O2S/c1-14(15-6-4-3-5-7-15)12-21-18(25)13-27-20-22-19(23-24-20)16-8-10-17(26-2)11-9-16/h3-11,14H,12-13H2,1-2H3,(H,21,25)(H,22,23,24)/t14-/m0/s1. The lowest BCUT2D eigenvalue weighted by atomic mass is 10.0. The Hall–Kier alpha value is -2.80. The van der Waals surface area contributed by atoms with Crippen LogP contribution >= 0.6 is 11.8 Å². The van der Waals surface area contributed by atoms with Crippen LogP contribution in [0.4, 0.5) is 0 Å². The zero-order valence-corrected chi connectivity index (χ0v) is 16.1. The van der Waals surface area contributed by atoms with Crippen LogP contribution in [-0.4, -0.2) is 40.5 Å². The van der Waals surface area contributed by atoms with Gasteiger partial charge in [0, 0.05) is 12.1 Å². The van der Waals surface area contributed by atoms with Gasteiger partial charge in [-0.2, -0.15) is 0 Å². The maximum absolute atomic E-state index is 12.1. The molecular weight excluding hydrogens is 360 g/mol. The zero-order chi connectivity index (χ0) is 19.1. The highest BCUT2D eigenvalue weighted by Gasteiger charge is 2.11. The summed E-state index contributed by atoms with van der Waals surface area (Å²) in [7, 11) is 1.63. The molecule has 140 valence electrons. The van der Waals surface area contributed by atoms with E-state index >= 15 is 0 Å². The third-order valence-electron chi connectivity index (χ3n) is 4.13. The Kier molecular flexibility index (Phi) is 6.49. The molecule has 0 aliphatic carbocycles. The Morgan fingerprint density at radius 1 is 1.19 bits per heavy atom. The number of methoxy groups -OCH3 is 1. The minimum atomic E-state index is -0.0291. The summed E-state index contributed by atoms with van der Waals surface area (Å²) in [4.78, 5) is 16.5. The van der Waals surface area contributed by atoms with Gasteiger partial charge in [0.25, 0.3) is 0 Å². The van der Waals surface area contributed by atoms with Gasteiger partial charge in [-0.15, -0.1) is 5.10 Å². The van der Waals surface area contributed by atoms with Gasteiger partial charge in [-0.25, -0.2) is 4.98 Å². The highest BCUT2D eigenvalue weighted by molar-refractivity contribution is 7.99. The molecule has 1 atom stereocenters. The predicted molar refractivity (Wildman–Crippen MR) is 107 cm³/mol. The summed E-state index contributed by atoms with van der Waals surface area (Å²) in [5, 5.41) is 10.6. The van der Waals surface area contributed by atoms with Crippen molar-refractivity contribution < 1.29 is 9.53 Å². The van der Waals surface area contributed by atoms with Crippen molar-refractivity contribution >= 4 is 17.7 Å². The Morgan fingerprint density at radius 3 is 2.63 bits per heavy atom. The number of aromatic amines is 1. The zero-order valence-electron chi connectivity index (χ0n) is 15.3. The summed E-state index contributed by atoms with van der Waals surface area (Å²) >= 11 is 1.31. The van der Waals surface area contributed by atoms with Crippen LogP contribution in [0.1, 0.15) is 18.4 Å². The first-order chi connectivity index (χ1) is 13.2. The predicted octanol–water partition coefficient (Wildman–Crippen LogP) is 3.49. The molecule has 0 aliphatic rings. The van der Waals surface area contributed by atoms with E-state index in [4.69, 9.17) is 4.74 Å². The van der Waals surface area contributed by atoms with Crippen LogP contribution in [0.25, 0.3) is 11.4 Å². The van der Waals surface area contributed by atoms with E-state index in [0.717, 1.165) is 11.3 Å². The second kappa shape index (κ2) is 9.23. The second-order valence-corrected chi connectivity index (χ2v) is 7.04. The third-order valence-corrected chi connectivity index (χ3v) is 4.98. The molecule has 7 heteroatoms. The molecule has 0 radical (unpaired) electrons. The molecule has 1 heterocycles. The molecule has 6 nitrogen and oxygen atoms in total. The number of nitrogens with zero attached hydrogens (tertiary/aromatic N) is 2. The van der Waals surface area contributed by atoms with Crippen molar-refractivity contribution in [3.63, 3.8) is 0 Å². The summed E-state index contributed by atoms with van der Waals surface area (Å²) in [6.07, 6.45) is 0. The second-order valence-electron chi connectivity index (χ2n) is 6.10. The van der Waals surface area contributed by atoms with Gasteiger partial charge in [0.05, 0.1) is 12.9 Å². The average molecular weight is 382 g/mol. The number of carbonyl (C=O) groups is 1. The molecule has 27 heavy (non-hydrogen) atoms. The first kappa shape index (κ1) is 19.0. The van der Waals surface area contributed by atoms with Crippen LogP contribution in [0.2, 0.25) is 0 Å². The summed E-state index contributed by atoms with van der Waals surface area (Å²) in [6.45, 7) is 2.70. The Labute approximate surface area is 162 Å². The Balaban J connectivity index is 1.47. The van der Waals surface area contributed by atoms with Crippen molar-refractivity contribution in [2.75, 3.05) is 19.4 Å². The quantitative estimate of drug-likeness (QED) is 0.583. The fraction of sp³-hybridized carbons (Fsp3) is 0.250. The molecule has 0 bridgehead atoms. The van der Waals surface area contributed by atoms with E-state index in [9.17, 15) is 4.79 Å². The van der Waals surface area contributed by atoms with Gasteiger partial charge in [-0.1, -0.05) is 49.0 Å². The van der Waals surface area contributed by atoms with Crippen LogP contribution in [-0.2, 0) is 4.79 Å². The smallest absolute Gasteiger partial charge is 0.230 e. The van der Waals surface area contributed by atoms with Crippen molar-refractivity contribution in [2.45, 2.75) is 18.0 Å². The summed E-state index contributed by atoms with van der Waals surface area (Å²) in [5.74, 6) is 1.97. The van der Waals surface area contributed by atoms with Crippen LogP contribution in [0.5, 0.6) is 5.75 Å². The molecule has 2 N–H and O–H groups in total. The van der Waals surface area contributed by atoms with Gasteiger partial charge in [-0.05, 0) is 35.7 Å². The van der Waals surface area contributed by atoms with E-state index in [2.05, 4.69) is 39.6 Å². The van der Waals surface area contributed by atoms with Gasteiger partial charge in [-0.3, -0.25) is 9.89 Å². The molecule has 2 aromatic carbocycles. The van der Waals surface area contributed by atoms with Crippen molar-refractivity contribution in [3.05, 3.63) is 60.2 Å². The van der Waals surface area contributed by atoms with Crippen LogP contribution in [0.15, 0.2) is 59.8 Å².